The van der Waals surface area contributed by atoms with Gasteiger partial charge in [0.2, 0.25) is 11.8 Å². The lowest BCUT2D eigenvalue weighted by Crippen LogP contribution is -2.22. The molecule has 1 saturated heterocycles. The lowest BCUT2D eigenvalue weighted by Gasteiger charge is -2.12. The summed E-state index contributed by atoms with van der Waals surface area (Å²) in [6.45, 7) is 0. The molecular weight excluding hydrogens is 317 g/mol. The summed E-state index contributed by atoms with van der Waals surface area (Å²) in [5, 5.41) is 3.11. The van der Waals surface area contributed by atoms with E-state index in [2.05, 4.69) is 21.2 Å². The summed E-state index contributed by atoms with van der Waals surface area (Å²) in [5.41, 5.74) is 0.594. The van der Waals surface area contributed by atoms with E-state index in [4.69, 9.17) is 23.2 Å². The number of nitrogens with one attached hydrogen (secondary N) is 1. The third-order valence-electron chi connectivity index (χ3n) is 2.37. The van der Waals surface area contributed by atoms with Gasteiger partial charge in [-0.25, -0.2) is 0 Å². The third kappa shape index (κ3) is 1.97. The van der Waals surface area contributed by atoms with Crippen molar-refractivity contribution in [2.24, 2.45) is 0 Å². The van der Waals surface area contributed by atoms with Gasteiger partial charge in [0.25, 0.3) is 0 Å². The van der Waals surface area contributed by atoms with Gasteiger partial charge in [-0.2, -0.15) is 0 Å². The van der Waals surface area contributed by atoms with Gasteiger partial charge in [0.05, 0.1) is 5.92 Å². The number of carbonyl (C=O) groups is 2. The van der Waals surface area contributed by atoms with Gasteiger partial charge in [-0.3, -0.25) is 14.9 Å². The van der Waals surface area contributed by atoms with Crippen molar-refractivity contribution < 1.29 is 9.59 Å². The molecule has 1 aromatic carbocycles. The van der Waals surface area contributed by atoms with Gasteiger partial charge in [0, 0.05) is 10.0 Å². The van der Waals surface area contributed by atoms with Crippen LogP contribution in [0, 0.1) is 0 Å². The molecule has 0 saturated carbocycles. The second-order valence-corrected chi connectivity index (χ2v) is 5.23. The molecule has 6 heteroatoms. The molecule has 0 radical (unpaired) electrons. The van der Waals surface area contributed by atoms with Crippen LogP contribution in [-0.2, 0) is 9.59 Å². The summed E-state index contributed by atoms with van der Waals surface area (Å²) >= 11 is 14.9. The van der Waals surface area contributed by atoms with Crippen molar-refractivity contribution in [3.8, 4) is 0 Å². The van der Waals surface area contributed by atoms with Gasteiger partial charge < -0.3 is 0 Å². The van der Waals surface area contributed by atoms with E-state index in [1.165, 1.54) is 0 Å². The van der Waals surface area contributed by atoms with Crippen molar-refractivity contribution in [1.82, 2.24) is 5.32 Å². The number of hydrogen-bond donors (Lipinski definition) is 1. The molecule has 0 spiro atoms. The van der Waals surface area contributed by atoms with Crippen molar-refractivity contribution in [2.45, 2.75) is 10.7 Å². The van der Waals surface area contributed by atoms with Gasteiger partial charge in [-0.1, -0.05) is 45.2 Å². The van der Waals surface area contributed by atoms with Crippen LogP contribution in [0.15, 0.2) is 18.2 Å². The zero-order chi connectivity index (χ0) is 11.9. The number of amides is 2. The SMILES string of the molecule is O=C1NC(=O)C(c2ccc(Cl)cc2Cl)C1Br. The van der Waals surface area contributed by atoms with E-state index in [9.17, 15) is 9.59 Å². The van der Waals surface area contributed by atoms with Crippen LogP contribution in [0.2, 0.25) is 10.0 Å². The molecule has 1 N–H and O–H groups in total. The molecule has 1 heterocycles. The van der Waals surface area contributed by atoms with Gasteiger partial charge in [0.15, 0.2) is 0 Å². The Balaban J connectivity index is 2.44. The summed E-state index contributed by atoms with van der Waals surface area (Å²) in [5.74, 6) is -1.30. The van der Waals surface area contributed by atoms with Crippen molar-refractivity contribution in [3.05, 3.63) is 33.8 Å². The molecule has 3 nitrogen and oxygen atoms in total. The van der Waals surface area contributed by atoms with E-state index < -0.39 is 10.7 Å². The molecule has 0 aliphatic carbocycles. The highest BCUT2D eigenvalue weighted by molar-refractivity contribution is 9.10. The second-order valence-electron chi connectivity index (χ2n) is 3.40. The lowest BCUT2D eigenvalue weighted by atomic mass is 9.97. The molecule has 1 aliphatic rings. The van der Waals surface area contributed by atoms with E-state index in [1.807, 2.05) is 0 Å². The Morgan fingerprint density at radius 2 is 1.88 bits per heavy atom. The van der Waals surface area contributed by atoms with Gasteiger partial charge in [-0.05, 0) is 17.7 Å². The number of rotatable bonds is 1. The van der Waals surface area contributed by atoms with Crippen LogP contribution in [0.5, 0.6) is 0 Å². The zero-order valence-electron chi connectivity index (χ0n) is 7.84. The highest BCUT2D eigenvalue weighted by Crippen LogP contribution is 2.35. The summed E-state index contributed by atoms with van der Waals surface area (Å²) in [6, 6.07) is 4.84. The average molecular weight is 323 g/mol. The van der Waals surface area contributed by atoms with Crippen LogP contribution in [-0.4, -0.2) is 16.6 Å². The summed E-state index contributed by atoms with van der Waals surface area (Å²) in [7, 11) is 0. The number of carbonyl (C=O) groups excluding carboxylic acids is 2. The zero-order valence-corrected chi connectivity index (χ0v) is 10.9. The minimum absolute atomic E-state index is 0.346. The third-order valence-corrected chi connectivity index (χ3v) is 3.88. The predicted molar refractivity (Wildman–Crippen MR) is 65.1 cm³/mol. The Hall–Kier alpha value is -0.580. The highest BCUT2D eigenvalue weighted by atomic mass is 79.9. The van der Waals surface area contributed by atoms with Crippen LogP contribution in [0.3, 0.4) is 0 Å². The van der Waals surface area contributed by atoms with E-state index >= 15 is 0 Å². The number of halogens is 3. The van der Waals surface area contributed by atoms with Crippen molar-refractivity contribution in [2.75, 3.05) is 0 Å². The van der Waals surface area contributed by atoms with Crippen LogP contribution < -0.4 is 5.32 Å². The molecule has 2 atom stereocenters. The van der Waals surface area contributed by atoms with Crippen LogP contribution >= 0.6 is 39.1 Å². The monoisotopic (exact) mass is 321 g/mol. The summed E-state index contributed by atoms with van der Waals surface area (Å²) in [4.78, 5) is 22.3. The van der Waals surface area contributed by atoms with Crippen LogP contribution in [0.4, 0.5) is 0 Å². The van der Waals surface area contributed by atoms with Crippen molar-refractivity contribution >= 4 is 50.9 Å². The van der Waals surface area contributed by atoms with E-state index in [0.717, 1.165) is 0 Å². The topological polar surface area (TPSA) is 46.2 Å². The fourth-order valence-electron chi connectivity index (χ4n) is 1.61. The molecular formula is C10H6BrCl2NO2. The number of imide groups is 1. The summed E-state index contributed by atoms with van der Waals surface area (Å²) < 4.78 is 0. The Morgan fingerprint density at radius 1 is 1.19 bits per heavy atom. The molecule has 84 valence electrons. The van der Waals surface area contributed by atoms with Crippen molar-refractivity contribution in [3.63, 3.8) is 0 Å². The first kappa shape index (κ1) is 11.9. The number of alkyl halides is 1. The Morgan fingerprint density at radius 3 is 2.38 bits per heavy atom. The van der Waals surface area contributed by atoms with Crippen LogP contribution in [0.25, 0.3) is 0 Å². The second kappa shape index (κ2) is 4.35. The Bertz CT molecular complexity index is 478. The maximum Gasteiger partial charge on any atom is 0.241 e. The number of benzene rings is 1. The molecule has 1 aromatic rings. The van der Waals surface area contributed by atoms with Gasteiger partial charge in [-0.15, -0.1) is 0 Å². The first-order valence-corrected chi connectivity index (χ1v) is 6.11. The maximum atomic E-state index is 11.6. The molecule has 2 rings (SSSR count). The summed E-state index contributed by atoms with van der Waals surface area (Å²) in [6.07, 6.45) is 0. The van der Waals surface area contributed by atoms with Gasteiger partial charge in [0.1, 0.15) is 4.83 Å². The first-order chi connectivity index (χ1) is 7.50. The Labute approximate surface area is 110 Å². The standard InChI is InChI=1S/C10H6BrCl2NO2/c11-8-7(9(15)14-10(8)16)5-2-1-4(12)3-6(5)13/h1-3,7-8H,(H,14,15,16). The van der Waals surface area contributed by atoms with Crippen molar-refractivity contribution in [1.29, 1.82) is 0 Å². The molecule has 2 unspecified atom stereocenters. The van der Waals surface area contributed by atoms with Crippen LogP contribution in [0.1, 0.15) is 11.5 Å². The maximum absolute atomic E-state index is 11.6. The first-order valence-electron chi connectivity index (χ1n) is 4.44. The predicted octanol–water partition coefficient (Wildman–Crippen LogP) is 2.50. The van der Waals surface area contributed by atoms with E-state index in [1.54, 1.807) is 18.2 Å². The molecule has 2 amide bonds. The number of hydrogen-bond acceptors (Lipinski definition) is 2. The molecule has 0 aromatic heterocycles. The molecule has 16 heavy (non-hydrogen) atoms. The minimum Gasteiger partial charge on any atom is -0.295 e. The largest absolute Gasteiger partial charge is 0.295 e. The van der Waals surface area contributed by atoms with E-state index in [0.29, 0.717) is 15.6 Å². The molecule has 1 fully saturated rings. The van der Waals surface area contributed by atoms with E-state index in [-0.39, 0.29) is 11.8 Å². The molecule has 1 aliphatic heterocycles. The fraction of sp³-hybridized carbons (Fsp3) is 0.200. The highest BCUT2D eigenvalue weighted by Gasteiger charge is 2.41. The molecule has 0 bridgehead atoms. The minimum atomic E-state index is -0.600. The normalized spacial score (nSPS) is 24.7. The smallest absolute Gasteiger partial charge is 0.241 e. The quantitative estimate of drug-likeness (QED) is 0.638. The average Bonchev–Trinajstić information content (AvgIpc) is 2.43. The van der Waals surface area contributed by atoms with Gasteiger partial charge >= 0.3 is 0 Å². The fourth-order valence-corrected chi connectivity index (χ4v) is 2.77. The Kier molecular flexibility index (Phi) is 3.24. The lowest BCUT2D eigenvalue weighted by molar-refractivity contribution is -0.125.